The minimum Gasteiger partial charge on any atom is -0.411 e. The van der Waals surface area contributed by atoms with Crippen LogP contribution in [0, 0.1) is 0 Å². The lowest BCUT2D eigenvalue weighted by Gasteiger charge is -2.44. The molecule has 0 aliphatic carbocycles. The molecule has 5 heteroatoms. The van der Waals surface area contributed by atoms with Gasteiger partial charge in [0.15, 0.2) is 14.1 Å². The van der Waals surface area contributed by atoms with Crippen LogP contribution in [-0.4, -0.2) is 38.0 Å². The van der Waals surface area contributed by atoms with E-state index in [1.54, 1.807) is 6.08 Å². The highest BCUT2D eigenvalue weighted by Gasteiger charge is 2.43. The van der Waals surface area contributed by atoms with Gasteiger partial charge in [0, 0.05) is 12.8 Å². The maximum atomic E-state index is 9.28. The van der Waals surface area contributed by atoms with E-state index in [0.717, 1.165) is 31.2 Å². The predicted octanol–water partition coefficient (Wildman–Crippen LogP) is 6.76. The quantitative estimate of drug-likeness (QED) is 0.309. The van der Waals surface area contributed by atoms with E-state index >= 15 is 0 Å². The van der Waals surface area contributed by atoms with E-state index in [1.807, 2.05) is 24.3 Å². The molecule has 1 heterocycles. The fourth-order valence-electron chi connectivity index (χ4n) is 3.68. The topological polar surface area (TPSA) is 47.9 Å². The van der Waals surface area contributed by atoms with E-state index in [2.05, 4.69) is 65.1 Å². The van der Waals surface area contributed by atoms with Crippen molar-refractivity contribution in [2.45, 2.75) is 103 Å². The average Bonchev–Trinajstić information content (AvgIpc) is 2.73. The van der Waals surface area contributed by atoms with Gasteiger partial charge in [-0.1, -0.05) is 82.3 Å². The zero-order valence-corrected chi connectivity index (χ0v) is 22.0. The van der Waals surface area contributed by atoms with Crippen LogP contribution in [0.2, 0.25) is 18.1 Å². The number of aliphatic hydroxyl groups excluding tert-OH is 1. The Morgan fingerprint density at radius 3 is 2.53 bits per heavy atom. The molecule has 1 aliphatic heterocycles. The van der Waals surface area contributed by atoms with Crippen LogP contribution >= 0.6 is 0 Å². The molecule has 2 rings (SSSR count). The second-order valence-corrected chi connectivity index (χ2v) is 15.0. The van der Waals surface area contributed by atoms with Crippen molar-refractivity contribution in [3.8, 4) is 0 Å². The van der Waals surface area contributed by atoms with Crippen LogP contribution < -0.4 is 0 Å². The van der Waals surface area contributed by atoms with Crippen LogP contribution in [0.3, 0.4) is 0 Å². The van der Waals surface area contributed by atoms with Crippen molar-refractivity contribution in [1.29, 1.82) is 0 Å². The highest BCUT2D eigenvalue weighted by atomic mass is 28.4. The summed E-state index contributed by atoms with van der Waals surface area (Å²) >= 11 is 0. The Balaban J connectivity index is 2.28. The monoisotopic (exact) mass is 460 g/mol. The molecule has 32 heavy (non-hydrogen) atoms. The largest absolute Gasteiger partial charge is 0.411 e. The van der Waals surface area contributed by atoms with Gasteiger partial charge in [0.1, 0.15) is 0 Å². The molecule has 1 aliphatic rings. The van der Waals surface area contributed by atoms with E-state index in [1.165, 1.54) is 0 Å². The lowest BCUT2D eigenvalue weighted by molar-refractivity contribution is -0.278. The van der Waals surface area contributed by atoms with Gasteiger partial charge in [0.05, 0.1) is 25.4 Å². The maximum absolute atomic E-state index is 9.28. The molecule has 3 atom stereocenters. The molecule has 180 valence electrons. The first-order valence-corrected chi connectivity index (χ1v) is 15.0. The number of rotatable bonds is 10. The molecule has 0 saturated heterocycles. The van der Waals surface area contributed by atoms with E-state index in [0.29, 0.717) is 13.0 Å². The second kappa shape index (κ2) is 12.3. The number of hydrogen-bond donors (Lipinski definition) is 1. The summed E-state index contributed by atoms with van der Waals surface area (Å²) in [6.07, 6.45) is 12.1. The van der Waals surface area contributed by atoms with E-state index in [9.17, 15) is 5.11 Å². The summed E-state index contributed by atoms with van der Waals surface area (Å²) in [5.41, 5.74) is 1.13. The molecule has 0 amide bonds. The minimum atomic E-state index is -1.94. The Labute approximate surface area is 196 Å². The summed E-state index contributed by atoms with van der Waals surface area (Å²) in [4.78, 5) is 0. The van der Waals surface area contributed by atoms with Gasteiger partial charge in [0.25, 0.3) is 0 Å². The lowest BCUT2D eigenvalue weighted by Crippen LogP contribution is -2.50. The van der Waals surface area contributed by atoms with Crippen LogP contribution in [0.5, 0.6) is 0 Å². The van der Waals surface area contributed by atoms with Crippen molar-refractivity contribution in [3.63, 3.8) is 0 Å². The fourth-order valence-corrected chi connectivity index (χ4v) is 5.11. The first-order valence-electron chi connectivity index (χ1n) is 12.1. The molecule has 0 radical (unpaired) electrons. The summed E-state index contributed by atoms with van der Waals surface area (Å²) in [5.74, 6) is -0.749. The third-order valence-electron chi connectivity index (χ3n) is 6.71. The predicted molar refractivity (Wildman–Crippen MR) is 135 cm³/mol. The fraction of sp³-hybridized carbons (Fsp3) is 0.630. The van der Waals surface area contributed by atoms with Gasteiger partial charge in [-0.3, -0.25) is 0 Å². The molecule has 1 aromatic carbocycles. The third-order valence-corrected chi connectivity index (χ3v) is 11.2. The van der Waals surface area contributed by atoms with Crippen LogP contribution in [0.15, 0.2) is 54.6 Å². The summed E-state index contributed by atoms with van der Waals surface area (Å²) in [6.45, 7) is 14.1. The Morgan fingerprint density at radius 1 is 1.19 bits per heavy atom. The first kappa shape index (κ1) is 27.0. The molecule has 1 N–H and O–H groups in total. The van der Waals surface area contributed by atoms with Gasteiger partial charge in [-0.25, -0.2) is 0 Å². The summed E-state index contributed by atoms with van der Waals surface area (Å²) in [7, 11) is -1.94. The zero-order chi connectivity index (χ0) is 23.7. The molecule has 0 fully saturated rings. The van der Waals surface area contributed by atoms with Gasteiger partial charge in [-0.05, 0) is 43.0 Å². The Kier molecular flexibility index (Phi) is 10.4. The van der Waals surface area contributed by atoms with Gasteiger partial charge < -0.3 is 19.0 Å². The van der Waals surface area contributed by atoms with E-state index in [-0.39, 0.29) is 23.9 Å². The Bertz CT molecular complexity index is 723. The number of aliphatic hydroxyl groups is 1. The molecule has 0 unspecified atom stereocenters. The number of benzene rings is 1. The van der Waals surface area contributed by atoms with Crippen molar-refractivity contribution in [2.24, 2.45) is 0 Å². The van der Waals surface area contributed by atoms with Gasteiger partial charge in [-0.2, -0.15) is 0 Å². The van der Waals surface area contributed by atoms with Crippen molar-refractivity contribution < 1.29 is 19.0 Å². The number of allylic oxidation sites excluding steroid dienone is 1. The van der Waals surface area contributed by atoms with Gasteiger partial charge in [-0.15, -0.1) is 0 Å². The van der Waals surface area contributed by atoms with Crippen LogP contribution in [0.4, 0.5) is 0 Å². The van der Waals surface area contributed by atoms with Gasteiger partial charge >= 0.3 is 0 Å². The SMILES string of the molecule is CC[C@@H](O[Si](C)(C)C(C)(C)C)[C@H]1C/C=C\CC[C@](C/C=C\CO)(OCc2ccccc2)O1. The van der Waals surface area contributed by atoms with Gasteiger partial charge in [0.2, 0.25) is 0 Å². The summed E-state index contributed by atoms with van der Waals surface area (Å²) in [5, 5.41) is 9.42. The number of ether oxygens (including phenoxy) is 2. The van der Waals surface area contributed by atoms with E-state index < -0.39 is 14.1 Å². The first-order chi connectivity index (χ1) is 15.1. The molecule has 0 spiro atoms. The maximum Gasteiger partial charge on any atom is 0.192 e. The zero-order valence-electron chi connectivity index (χ0n) is 21.0. The smallest absolute Gasteiger partial charge is 0.192 e. The Morgan fingerprint density at radius 2 is 1.91 bits per heavy atom. The lowest BCUT2D eigenvalue weighted by atomic mass is 10.00. The molecule has 0 bridgehead atoms. The van der Waals surface area contributed by atoms with Crippen molar-refractivity contribution in [1.82, 2.24) is 0 Å². The molecule has 0 aromatic heterocycles. The van der Waals surface area contributed by atoms with Crippen LogP contribution in [0.1, 0.15) is 65.4 Å². The van der Waals surface area contributed by atoms with Crippen molar-refractivity contribution in [3.05, 3.63) is 60.2 Å². The van der Waals surface area contributed by atoms with Crippen molar-refractivity contribution >= 4 is 8.32 Å². The average molecular weight is 461 g/mol. The molecule has 0 saturated carbocycles. The highest BCUT2D eigenvalue weighted by molar-refractivity contribution is 6.74. The Hall–Kier alpha value is -1.24. The molecular weight excluding hydrogens is 416 g/mol. The molecule has 4 nitrogen and oxygen atoms in total. The van der Waals surface area contributed by atoms with Crippen molar-refractivity contribution in [2.75, 3.05) is 6.61 Å². The standard InChI is InChI=1S/C27H44O4Si/c1-7-24(31-32(5,6)26(2,3)4)25-18-12-9-13-19-27(30-25,20-14-15-21-28)29-22-23-16-10-8-11-17-23/h8-12,14-17,24-25,28H,7,13,18-22H2,1-6H3/b12-9-,15-14-/t24-,25-,27+/m1/s1. The highest BCUT2D eigenvalue weighted by Crippen LogP contribution is 2.40. The summed E-state index contributed by atoms with van der Waals surface area (Å²) in [6, 6.07) is 10.2. The number of hydrogen-bond acceptors (Lipinski definition) is 4. The van der Waals surface area contributed by atoms with Crippen LogP contribution in [-0.2, 0) is 20.5 Å². The second-order valence-electron chi connectivity index (χ2n) is 10.3. The van der Waals surface area contributed by atoms with E-state index in [4.69, 9.17) is 13.9 Å². The summed E-state index contributed by atoms with van der Waals surface area (Å²) < 4.78 is 20.2. The van der Waals surface area contributed by atoms with Crippen LogP contribution in [0.25, 0.3) is 0 Å². The normalized spacial score (nSPS) is 24.8. The minimum absolute atomic E-state index is 0.0140. The third kappa shape index (κ3) is 7.96. The molecular formula is C27H44O4Si. The molecule has 1 aromatic rings.